The molecule has 1 aromatic rings. The average molecular weight is 272 g/mol. The third-order valence-corrected chi connectivity index (χ3v) is 4.53. The Morgan fingerprint density at radius 2 is 1.75 bits per heavy atom. The molecular weight excluding hydrogens is 252 g/mol. The van der Waals surface area contributed by atoms with Crippen molar-refractivity contribution in [1.29, 1.82) is 0 Å². The molecule has 2 amide bonds. The van der Waals surface area contributed by atoms with Crippen LogP contribution in [0.4, 0.5) is 5.69 Å². The van der Waals surface area contributed by atoms with Crippen molar-refractivity contribution < 1.29 is 9.59 Å². The molecule has 1 atom stereocenters. The first-order valence-corrected chi connectivity index (χ1v) is 7.26. The minimum absolute atomic E-state index is 0.0472. The largest absolute Gasteiger partial charge is 0.340 e. The Morgan fingerprint density at radius 1 is 1.15 bits per heavy atom. The van der Waals surface area contributed by atoms with Crippen LogP contribution in [-0.2, 0) is 9.59 Å². The van der Waals surface area contributed by atoms with Crippen molar-refractivity contribution in [3.8, 4) is 0 Å². The summed E-state index contributed by atoms with van der Waals surface area (Å²) in [5.41, 5.74) is 1.30. The maximum atomic E-state index is 12.9. The molecule has 1 N–H and O–H groups in total. The second kappa shape index (κ2) is 4.62. The fourth-order valence-electron chi connectivity index (χ4n) is 3.28. The monoisotopic (exact) mass is 272 g/mol. The van der Waals surface area contributed by atoms with Gasteiger partial charge in [0.2, 0.25) is 5.91 Å². The highest BCUT2D eigenvalue weighted by Gasteiger charge is 2.51. The third kappa shape index (κ3) is 1.90. The van der Waals surface area contributed by atoms with Gasteiger partial charge in [-0.15, -0.1) is 0 Å². The molecule has 0 radical (unpaired) electrons. The number of hydrogen-bond donors (Lipinski definition) is 1. The Kier molecular flexibility index (Phi) is 3.04. The molecule has 1 heterocycles. The number of amides is 2. The molecule has 1 unspecified atom stereocenters. The number of aryl methyl sites for hydroxylation is 1. The maximum absolute atomic E-state index is 12.9. The van der Waals surface area contributed by atoms with E-state index in [-0.39, 0.29) is 11.8 Å². The second-order valence-electron chi connectivity index (χ2n) is 5.97. The van der Waals surface area contributed by atoms with Crippen LogP contribution in [0.5, 0.6) is 0 Å². The van der Waals surface area contributed by atoms with Crippen LogP contribution in [0.2, 0.25) is 0 Å². The summed E-state index contributed by atoms with van der Waals surface area (Å²) in [6, 6.07) is 7.35. The molecule has 4 heteroatoms. The molecule has 0 bridgehead atoms. The van der Waals surface area contributed by atoms with Gasteiger partial charge in [0.05, 0.1) is 0 Å². The van der Waals surface area contributed by atoms with Gasteiger partial charge >= 0.3 is 0 Å². The van der Waals surface area contributed by atoms with Crippen molar-refractivity contribution in [1.82, 2.24) is 5.32 Å². The van der Waals surface area contributed by atoms with E-state index >= 15 is 0 Å². The molecule has 1 saturated carbocycles. The molecule has 4 nitrogen and oxygen atoms in total. The fraction of sp³-hybridized carbons (Fsp3) is 0.500. The van der Waals surface area contributed by atoms with Gasteiger partial charge in [-0.1, -0.05) is 30.5 Å². The summed E-state index contributed by atoms with van der Waals surface area (Å²) in [6.45, 7) is 3.80. The van der Waals surface area contributed by atoms with Crippen LogP contribution < -0.4 is 10.2 Å². The molecule has 2 aliphatic rings. The molecular formula is C16H20N2O2. The molecule has 1 aliphatic heterocycles. The lowest BCUT2D eigenvalue weighted by atomic mass is 9.90. The van der Waals surface area contributed by atoms with Crippen molar-refractivity contribution in [2.45, 2.75) is 51.1 Å². The Labute approximate surface area is 119 Å². The van der Waals surface area contributed by atoms with E-state index in [1.165, 1.54) is 0 Å². The number of piperazine rings is 1. The lowest BCUT2D eigenvalue weighted by Gasteiger charge is -2.43. The molecule has 1 saturated heterocycles. The zero-order valence-corrected chi connectivity index (χ0v) is 12.0. The van der Waals surface area contributed by atoms with E-state index in [0.717, 1.165) is 36.9 Å². The first-order valence-electron chi connectivity index (χ1n) is 7.26. The van der Waals surface area contributed by atoms with Gasteiger partial charge in [0.15, 0.2) is 0 Å². The molecule has 1 aromatic carbocycles. The number of carbonyl (C=O) groups is 2. The number of rotatable bonds is 1. The van der Waals surface area contributed by atoms with Gasteiger partial charge < -0.3 is 5.32 Å². The normalized spacial score (nSPS) is 25.1. The standard InChI is InChI=1S/C16H20N2O2/c1-11-5-7-13(8-6-11)18-12(2)14(19)17-16(15(18)20)9-3-4-10-16/h5-8,12H,3-4,9-10H2,1-2H3,(H,17,19). The number of nitrogens with zero attached hydrogens (tertiary/aromatic N) is 1. The van der Waals surface area contributed by atoms with Gasteiger partial charge in [0, 0.05) is 5.69 Å². The molecule has 2 fully saturated rings. The minimum atomic E-state index is -0.658. The summed E-state index contributed by atoms with van der Waals surface area (Å²) in [5.74, 6) is -0.00183. The van der Waals surface area contributed by atoms with Gasteiger partial charge in [-0.25, -0.2) is 0 Å². The number of nitrogens with one attached hydrogen (secondary N) is 1. The first-order chi connectivity index (χ1) is 9.53. The quantitative estimate of drug-likeness (QED) is 0.851. The number of hydrogen-bond acceptors (Lipinski definition) is 2. The summed E-state index contributed by atoms with van der Waals surface area (Å²) in [4.78, 5) is 26.8. The Hall–Kier alpha value is -1.84. The van der Waals surface area contributed by atoms with Crippen LogP contribution in [0.3, 0.4) is 0 Å². The summed E-state index contributed by atoms with van der Waals surface area (Å²) >= 11 is 0. The number of carbonyl (C=O) groups excluding carboxylic acids is 2. The van der Waals surface area contributed by atoms with Gasteiger partial charge in [0.25, 0.3) is 5.91 Å². The molecule has 1 spiro atoms. The highest BCUT2D eigenvalue weighted by Crippen LogP contribution is 2.36. The maximum Gasteiger partial charge on any atom is 0.253 e. The van der Waals surface area contributed by atoms with Crippen LogP contribution in [0, 0.1) is 6.92 Å². The van der Waals surface area contributed by atoms with Crippen LogP contribution in [0.1, 0.15) is 38.2 Å². The van der Waals surface area contributed by atoms with Gasteiger partial charge in [-0.3, -0.25) is 14.5 Å². The topological polar surface area (TPSA) is 49.4 Å². The van der Waals surface area contributed by atoms with Crippen molar-refractivity contribution >= 4 is 17.5 Å². The summed E-state index contributed by atoms with van der Waals surface area (Å²) in [5, 5.41) is 2.97. The van der Waals surface area contributed by atoms with Gasteiger partial charge in [0.1, 0.15) is 11.6 Å². The molecule has 20 heavy (non-hydrogen) atoms. The van der Waals surface area contributed by atoms with Crippen LogP contribution in [0.15, 0.2) is 24.3 Å². The predicted octanol–water partition coefficient (Wildman–Crippen LogP) is 2.16. The van der Waals surface area contributed by atoms with Crippen LogP contribution >= 0.6 is 0 Å². The van der Waals surface area contributed by atoms with E-state index in [0.29, 0.717) is 0 Å². The fourth-order valence-corrected chi connectivity index (χ4v) is 3.28. The highest BCUT2D eigenvalue weighted by atomic mass is 16.2. The summed E-state index contributed by atoms with van der Waals surface area (Å²) < 4.78 is 0. The SMILES string of the molecule is Cc1ccc(N2C(=O)C3(CCCC3)NC(=O)C2C)cc1. The van der Waals surface area contributed by atoms with E-state index in [9.17, 15) is 9.59 Å². The van der Waals surface area contributed by atoms with Gasteiger partial charge in [-0.2, -0.15) is 0 Å². The molecule has 0 aromatic heterocycles. The average Bonchev–Trinajstić information content (AvgIpc) is 2.89. The van der Waals surface area contributed by atoms with Crippen molar-refractivity contribution in [3.05, 3.63) is 29.8 Å². The van der Waals surface area contributed by atoms with E-state index in [2.05, 4.69) is 5.32 Å². The third-order valence-electron chi connectivity index (χ3n) is 4.53. The minimum Gasteiger partial charge on any atom is -0.340 e. The molecule has 1 aliphatic carbocycles. The van der Waals surface area contributed by atoms with Crippen molar-refractivity contribution in [2.24, 2.45) is 0 Å². The molecule has 106 valence electrons. The number of anilines is 1. The van der Waals surface area contributed by atoms with Gasteiger partial charge in [-0.05, 0) is 38.8 Å². The van der Waals surface area contributed by atoms with E-state index < -0.39 is 11.6 Å². The van der Waals surface area contributed by atoms with Crippen LogP contribution in [0.25, 0.3) is 0 Å². The lowest BCUT2D eigenvalue weighted by Crippen LogP contribution is -2.69. The summed E-state index contributed by atoms with van der Waals surface area (Å²) in [7, 11) is 0. The Balaban J connectivity index is 2.00. The zero-order valence-electron chi connectivity index (χ0n) is 12.0. The second-order valence-corrected chi connectivity index (χ2v) is 5.97. The number of benzene rings is 1. The first kappa shape index (κ1) is 13.2. The Bertz CT molecular complexity index is 544. The van der Waals surface area contributed by atoms with Crippen LogP contribution in [-0.4, -0.2) is 23.4 Å². The smallest absolute Gasteiger partial charge is 0.253 e. The Morgan fingerprint density at radius 3 is 2.35 bits per heavy atom. The van der Waals surface area contributed by atoms with Crippen molar-refractivity contribution in [3.63, 3.8) is 0 Å². The summed E-state index contributed by atoms with van der Waals surface area (Å²) in [6.07, 6.45) is 3.52. The predicted molar refractivity (Wildman–Crippen MR) is 77.5 cm³/mol. The van der Waals surface area contributed by atoms with Crippen molar-refractivity contribution in [2.75, 3.05) is 4.90 Å². The van der Waals surface area contributed by atoms with E-state index in [1.54, 1.807) is 11.8 Å². The molecule has 3 rings (SSSR count). The van der Waals surface area contributed by atoms with E-state index in [1.807, 2.05) is 31.2 Å². The zero-order chi connectivity index (χ0) is 14.3. The lowest BCUT2D eigenvalue weighted by molar-refractivity contribution is -0.137. The van der Waals surface area contributed by atoms with E-state index in [4.69, 9.17) is 0 Å². The highest BCUT2D eigenvalue weighted by molar-refractivity contribution is 6.10.